The van der Waals surface area contributed by atoms with Gasteiger partial charge in [0.15, 0.2) is 0 Å². The van der Waals surface area contributed by atoms with Gasteiger partial charge in [0.05, 0.1) is 5.56 Å². The highest BCUT2D eigenvalue weighted by Gasteiger charge is 2.23. The van der Waals surface area contributed by atoms with Gasteiger partial charge in [-0.3, -0.25) is 4.79 Å². The van der Waals surface area contributed by atoms with Crippen molar-refractivity contribution in [3.05, 3.63) is 52.6 Å². The molecular formula is C16H17BrN4O. The van der Waals surface area contributed by atoms with Gasteiger partial charge in [-0.15, -0.1) is 0 Å². The lowest BCUT2D eigenvalue weighted by molar-refractivity contribution is 0.0747. The largest absolute Gasteiger partial charge is 0.398 e. The van der Waals surface area contributed by atoms with E-state index in [1.807, 2.05) is 29.2 Å². The number of anilines is 2. The number of carbonyl (C=O) groups is 1. The van der Waals surface area contributed by atoms with Gasteiger partial charge in [0, 0.05) is 42.5 Å². The second-order valence-corrected chi connectivity index (χ2v) is 6.11. The molecule has 0 bridgehead atoms. The van der Waals surface area contributed by atoms with E-state index in [0.717, 1.165) is 23.4 Å². The Labute approximate surface area is 137 Å². The molecular weight excluding hydrogens is 344 g/mol. The van der Waals surface area contributed by atoms with E-state index < -0.39 is 0 Å². The topological polar surface area (TPSA) is 62.5 Å². The number of nitrogens with zero attached hydrogens (tertiary/aromatic N) is 3. The Kier molecular flexibility index (Phi) is 4.29. The Morgan fingerprint density at radius 2 is 1.91 bits per heavy atom. The van der Waals surface area contributed by atoms with Gasteiger partial charge in [0.2, 0.25) is 0 Å². The first-order valence-corrected chi connectivity index (χ1v) is 7.95. The summed E-state index contributed by atoms with van der Waals surface area (Å²) >= 11 is 3.36. The van der Waals surface area contributed by atoms with Crippen LogP contribution in [0.2, 0.25) is 0 Å². The molecule has 0 radical (unpaired) electrons. The highest BCUT2D eigenvalue weighted by molar-refractivity contribution is 9.10. The van der Waals surface area contributed by atoms with Crippen LogP contribution in [0.15, 0.2) is 47.1 Å². The first-order valence-electron chi connectivity index (χ1n) is 7.15. The number of benzene rings is 1. The smallest absolute Gasteiger partial charge is 0.256 e. The number of amides is 1. The van der Waals surface area contributed by atoms with Gasteiger partial charge in [-0.05, 0) is 30.3 Å². The molecule has 2 heterocycles. The van der Waals surface area contributed by atoms with E-state index in [9.17, 15) is 4.79 Å². The van der Waals surface area contributed by atoms with E-state index in [4.69, 9.17) is 5.73 Å². The van der Waals surface area contributed by atoms with Gasteiger partial charge in [-0.25, -0.2) is 4.98 Å². The molecule has 0 spiro atoms. The predicted octanol–water partition coefficient (Wildman–Crippen LogP) is 2.39. The molecule has 22 heavy (non-hydrogen) atoms. The Morgan fingerprint density at radius 1 is 1.14 bits per heavy atom. The predicted molar refractivity (Wildman–Crippen MR) is 90.9 cm³/mol. The van der Waals surface area contributed by atoms with Gasteiger partial charge in [0.1, 0.15) is 5.82 Å². The molecule has 1 aliphatic heterocycles. The Hall–Kier alpha value is -2.08. The van der Waals surface area contributed by atoms with Crippen LogP contribution >= 0.6 is 15.9 Å². The summed E-state index contributed by atoms with van der Waals surface area (Å²) in [4.78, 5) is 21.0. The van der Waals surface area contributed by atoms with Crippen molar-refractivity contribution in [2.24, 2.45) is 0 Å². The fourth-order valence-electron chi connectivity index (χ4n) is 2.58. The maximum atomic E-state index is 12.6. The van der Waals surface area contributed by atoms with E-state index in [2.05, 4.69) is 25.8 Å². The summed E-state index contributed by atoms with van der Waals surface area (Å²) in [6.07, 6.45) is 1.79. The van der Waals surface area contributed by atoms with Crippen LogP contribution < -0.4 is 10.6 Å². The van der Waals surface area contributed by atoms with Crippen LogP contribution in [0.4, 0.5) is 11.5 Å². The number of aromatic nitrogens is 1. The van der Waals surface area contributed by atoms with E-state index in [-0.39, 0.29) is 5.91 Å². The molecule has 5 nitrogen and oxygen atoms in total. The minimum Gasteiger partial charge on any atom is -0.398 e. The number of hydrogen-bond donors (Lipinski definition) is 1. The maximum Gasteiger partial charge on any atom is 0.256 e. The summed E-state index contributed by atoms with van der Waals surface area (Å²) < 4.78 is 0.876. The standard InChI is InChI=1S/C16H17BrN4O/c17-12-4-5-13(14(18)11-12)16(22)21-9-7-20(8-10-21)15-3-1-2-6-19-15/h1-6,11H,7-10,18H2. The third-order valence-electron chi connectivity index (χ3n) is 3.78. The first-order chi connectivity index (χ1) is 10.6. The molecule has 0 saturated carbocycles. The van der Waals surface area contributed by atoms with Crippen LogP contribution in [-0.2, 0) is 0 Å². The maximum absolute atomic E-state index is 12.6. The molecule has 1 saturated heterocycles. The van der Waals surface area contributed by atoms with Crippen molar-refractivity contribution in [1.82, 2.24) is 9.88 Å². The molecule has 1 aromatic heterocycles. The Bertz CT molecular complexity index is 669. The number of carbonyl (C=O) groups excluding carboxylic acids is 1. The molecule has 1 aromatic carbocycles. The number of pyridine rings is 1. The van der Waals surface area contributed by atoms with Crippen LogP contribution in [0.5, 0.6) is 0 Å². The monoisotopic (exact) mass is 360 g/mol. The number of piperazine rings is 1. The van der Waals surface area contributed by atoms with Gasteiger partial charge in [-0.2, -0.15) is 0 Å². The molecule has 6 heteroatoms. The molecule has 114 valence electrons. The highest BCUT2D eigenvalue weighted by atomic mass is 79.9. The van der Waals surface area contributed by atoms with Crippen LogP contribution in [0.3, 0.4) is 0 Å². The quantitative estimate of drug-likeness (QED) is 0.835. The summed E-state index contributed by atoms with van der Waals surface area (Å²) in [7, 11) is 0. The Morgan fingerprint density at radius 3 is 2.55 bits per heavy atom. The van der Waals surface area contributed by atoms with Crippen molar-refractivity contribution in [3.63, 3.8) is 0 Å². The SMILES string of the molecule is Nc1cc(Br)ccc1C(=O)N1CCN(c2ccccn2)CC1. The van der Waals surface area contributed by atoms with E-state index in [1.54, 1.807) is 18.3 Å². The lowest BCUT2D eigenvalue weighted by Gasteiger charge is -2.35. The fourth-order valence-corrected chi connectivity index (χ4v) is 2.96. The molecule has 1 amide bonds. The number of nitrogens with two attached hydrogens (primary N) is 1. The lowest BCUT2D eigenvalue weighted by Crippen LogP contribution is -2.49. The molecule has 3 rings (SSSR count). The number of rotatable bonds is 2. The third kappa shape index (κ3) is 3.06. The zero-order chi connectivity index (χ0) is 15.5. The zero-order valence-corrected chi connectivity index (χ0v) is 13.7. The average Bonchev–Trinajstić information content (AvgIpc) is 2.55. The van der Waals surface area contributed by atoms with Crippen molar-refractivity contribution < 1.29 is 4.79 Å². The molecule has 0 unspecified atom stereocenters. The summed E-state index contributed by atoms with van der Waals surface area (Å²) in [5.74, 6) is 0.948. The summed E-state index contributed by atoms with van der Waals surface area (Å²) in [6, 6.07) is 11.2. The van der Waals surface area contributed by atoms with Crippen molar-refractivity contribution in [2.75, 3.05) is 36.8 Å². The number of halogens is 1. The third-order valence-corrected chi connectivity index (χ3v) is 4.28. The van der Waals surface area contributed by atoms with E-state index in [1.165, 1.54) is 0 Å². The van der Waals surface area contributed by atoms with Crippen molar-refractivity contribution in [1.29, 1.82) is 0 Å². The average molecular weight is 361 g/mol. The normalized spacial score (nSPS) is 15.0. The molecule has 1 aliphatic rings. The number of nitrogen functional groups attached to an aromatic ring is 1. The van der Waals surface area contributed by atoms with Gasteiger partial charge >= 0.3 is 0 Å². The number of hydrogen-bond acceptors (Lipinski definition) is 4. The molecule has 0 atom stereocenters. The fraction of sp³-hybridized carbons (Fsp3) is 0.250. The van der Waals surface area contributed by atoms with Crippen LogP contribution in [-0.4, -0.2) is 42.0 Å². The van der Waals surface area contributed by atoms with E-state index >= 15 is 0 Å². The molecule has 1 fully saturated rings. The zero-order valence-electron chi connectivity index (χ0n) is 12.1. The molecule has 0 aliphatic carbocycles. The van der Waals surface area contributed by atoms with Crippen LogP contribution in [0.25, 0.3) is 0 Å². The minimum absolute atomic E-state index is 0.00864. The van der Waals surface area contributed by atoms with Crippen molar-refractivity contribution >= 4 is 33.3 Å². The van der Waals surface area contributed by atoms with E-state index in [0.29, 0.717) is 24.3 Å². The summed E-state index contributed by atoms with van der Waals surface area (Å²) in [5, 5.41) is 0. The van der Waals surface area contributed by atoms with Gasteiger partial charge in [-0.1, -0.05) is 22.0 Å². The van der Waals surface area contributed by atoms with Crippen molar-refractivity contribution in [3.8, 4) is 0 Å². The summed E-state index contributed by atoms with van der Waals surface area (Å²) in [6.45, 7) is 2.90. The Balaban J connectivity index is 1.67. The van der Waals surface area contributed by atoms with Crippen LogP contribution in [0, 0.1) is 0 Å². The highest BCUT2D eigenvalue weighted by Crippen LogP contribution is 2.21. The van der Waals surface area contributed by atoms with Crippen LogP contribution in [0.1, 0.15) is 10.4 Å². The van der Waals surface area contributed by atoms with Gasteiger partial charge in [0.25, 0.3) is 5.91 Å². The summed E-state index contributed by atoms with van der Waals surface area (Å²) in [5.41, 5.74) is 7.02. The second kappa shape index (κ2) is 6.36. The van der Waals surface area contributed by atoms with Gasteiger partial charge < -0.3 is 15.5 Å². The second-order valence-electron chi connectivity index (χ2n) is 5.20. The minimum atomic E-state index is -0.00864. The molecule has 2 N–H and O–H groups in total. The lowest BCUT2D eigenvalue weighted by atomic mass is 10.1. The van der Waals surface area contributed by atoms with Crippen molar-refractivity contribution in [2.45, 2.75) is 0 Å². The molecule has 2 aromatic rings. The first kappa shape index (κ1) is 14.8.